The van der Waals surface area contributed by atoms with Crippen LogP contribution in [0, 0.1) is 6.92 Å². The Kier molecular flexibility index (Phi) is 4.53. The summed E-state index contributed by atoms with van der Waals surface area (Å²) >= 11 is 1.63. The van der Waals surface area contributed by atoms with Crippen LogP contribution in [-0.4, -0.2) is 11.7 Å². The first-order valence-corrected chi connectivity index (χ1v) is 8.31. The van der Waals surface area contributed by atoms with E-state index in [0.29, 0.717) is 5.76 Å². The number of aryl methyl sites for hydroxylation is 1. The van der Waals surface area contributed by atoms with E-state index in [1.54, 1.807) is 11.8 Å². The van der Waals surface area contributed by atoms with Crippen molar-refractivity contribution in [3.8, 4) is 0 Å². The zero-order valence-electron chi connectivity index (χ0n) is 12.8. The van der Waals surface area contributed by atoms with Gasteiger partial charge in [0.2, 0.25) is 0 Å². The zero-order valence-corrected chi connectivity index (χ0v) is 13.7. The van der Waals surface area contributed by atoms with Crippen molar-refractivity contribution in [1.82, 2.24) is 0 Å². The van der Waals surface area contributed by atoms with Crippen LogP contribution in [0.1, 0.15) is 16.1 Å². The molecule has 0 saturated carbocycles. The van der Waals surface area contributed by atoms with Gasteiger partial charge in [-0.2, -0.15) is 0 Å². The molecule has 3 aromatic rings. The number of thioether (sulfide) groups is 1. The highest BCUT2D eigenvalue weighted by Crippen LogP contribution is 2.29. The Hall–Kier alpha value is -2.46. The normalized spacial score (nSPS) is 10.7. The van der Waals surface area contributed by atoms with E-state index in [4.69, 9.17) is 4.42 Å². The van der Waals surface area contributed by atoms with Crippen molar-refractivity contribution >= 4 is 34.3 Å². The standard InChI is InChI=1S/C19H17NO2S/c1-3-12-23-17-11-7-5-9-15(17)20-19(21)18-13(2)14-8-4-6-10-16(14)22-18/h3-11H,1,12H2,2H3,(H,20,21). The second-order valence-corrected chi connectivity index (χ2v) is 6.16. The smallest absolute Gasteiger partial charge is 0.291 e. The van der Waals surface area contributed by atoms with E-state index in [2.05, 4.69) is 11.9 Å². The number of benzene rings is 2. The molecule has 0 atom stereocenters. The van der Waals surface area contributed by atoms with Gasteiger partial charge in [0.1, 0.15) is 5.58 Å². The maximum absolute atomic E-state index is 12.6. The molecule has 3 rings (SSSR count). The molecule has 0 radical (unpaired) electrons. The number of hydrogen-bond donors (Lipinski definition) is 1. The van der Waals surface area contributed by atoms with Gasteiger partial charge in [0.15, 0.2) is 5.76 Å². The Labute approximate surface area is 139 Å². The van der Waals surface area contributed by atoms with Crippen molar-refractivity contribution < 1.29 is 9.21 Å². The summed E-state index contributed by atoms with van der Waals surface area (Å²) in [6.07, 6.45) is 1.84. The second-order valence-electron chi connectivity index (χ2n) is 5.10. The van der Waals surface area contributed by atoms with E-state index in [-0.39, 0.29) is 5.91 Å². The van der Waals surface area contributed by atoms with Gasteiger partial charge in [-0.1, -0.05) is 36.4 Å². The van der Waals surface area contributed by atoms with E-state index in [1.807, 2.05) is 61.5 Å². The Morgan fingerprint density at radius 3 is 2.74 bits per heavy atom. The molecular weight excluding hydrogens is 306 g/mol. The molecule has 0 unspecified atom stereocenters. The van der Waals surface area contributed by atoms with E-state index in [1.165, 1.54) is 0 Å². The topological polar surface area (TPSA) is 42.2 Å². The molecule has 23 heavy (non-hydrogen) atoms. The third-order valence-corrected chi connectivity index (χ3v) is 4.61. The molecule has 0 bridgehead atoms. The molecule has 0 aliphatic carbocycles. The predicted molar refractivity (Wildman–Crippen MR) is 96.3 cm³/mol. The van der Waals surface area contributed by atoms with Crippen LogP contribution >= 0.6 is 11.8 Å². The van der Waals surface area contributed by atoms with Crippen molar-refractivity contribution in [3.05, 3.63) is 72.5 Å². The summed E-state index contributed by atoms with van der Waals surface area (Å²) in [4.78, 5) is 13.6. The minimum absolute atomic E-state index is 0.231. The molecule has 0 saturated heterocycles. The van der Waals surface area contributed by atoms with Crippen molar-refractivity contribution in [1.29, 1.82) is 0 Å². The summed E-state index contributed by atoms with van der Waals surface area (Å²) < 4.78 is 5.72. The van der Waals surface area contributed by atoms with Crippen LogP contribution in [0.15, 0.2) is 70.5 Å². The molecule has 0 aliphatic rings. The molecule has 0 fully saturated rings. The lowest BCUT2D eigenvalue weighted by Gasteiger charge is -2.09. The van der Waals surface area contributed by atoms with Crippen molar-refractivity contribution in [2.45, 2.75) is 11.8 Å². The molecule has 0 spiro atoms. The Balaban J connectivity index is 1.89. The Morgan fingerprint density at radius 2 is 1.96 bits per heavy atom. The van der Waals surface area contributed by atoms with Gasteiger partial charge < -0.3 is 9.73 Å². The van der Waals surface area contributed by atoms with Crippen LogP contribution < -0.4 is 5.32 Å². The first kappa shape index (κ1) is 15.4. The van der Waals surface area contributed by atoms with Crippen molar-refractivity contribution in [2.24, 2.45) is 0 Å². The van der Waals surface area contributed by atoms with Gasteiger partial charge in [-0.25, -0.2) is 0 Å². The molecule has 1 aromatic heterocycles. The molecule has 116 valence electrons. The fourth-order valence-electron chi connectivity index (χ4n) is 2.41. The first-order chi connectivity index (χ1) is 11.2. The Morgan fingerprint density at radius 1 is 1.22 bits per heavy atom. The largest absolute Gasteiger partial charge is 0.451 e. The van der Waals surface area contributed by atoms with Gasteiger partial charge in [0, 0.05) is 21.6 Å². The lowest BCUT2D eigenvalue weighted by Crippen LogP contribution is -2.12. The molecule has 1 heterocycles. The lowest BCUT2D eigenvalue weighted by atomic mass is 10.1. The number of anilines is 1. The number of carbonyl (C=O) groups excluding carboxylic acids is 1. The van der Waals surface area contributed by atoms with E-state index >= 15 is 0 Å². The van der Waals surface area contributed by atoms with Gasteiger partial charge >= 0.3 is 0 Å². The van der Waals surface area contributed by atoms with Gasteiger partial charge in [0.05, 0.1) is 5.69 Å². The Bertz CT molecular complexity index is 867. The predicted octanol–water partition coefficient (Wildman–Crippen LogP) is 5.27. The minimum atomic E-state index is -0.231. The summed E-state index contributed by atoms with van der Waals surface area (Å²) in [7, 11) is 0. The van der Waals surface area contributed by atoms with Crippen LogP contribution in [0.3, 0.4) is 0 Å². The van der Waals surface area contributed by atoms with Gasteiger partial charge in [-0.05, 0) is 25.1 Å². The maximum atomic E-state index is 12.6. The number of nitrogens with one attached hydrogen (secondary N) is 1. The van der Waals surface area contributed by atoms with Crippen LogP contribution in [0.25, 0.3) is 11.0 Å². The summed E-state index contributed by atoms with van der Waals surface area (Å²) in [5.74, 6) is 0.913. The first-order valence-electron chi connectivity index (χ1n) is 7.33. The highest BCUT2D eigenvalue weighted by Gasteiger charge is 2.18. The number of hydrogen-bond acceptors (Lipinski definition) is 3. The van der Waals surface area contributed by atoms with Crippen LogP contribution in [0.5, 0.6) is 0 Å². The highest BCUT2D eigenvalue weighted by atomic mass is 32.2. The van der Waals surface area contributed by atoms with Crippen LogP contribution in [-0.2, 0) is 0 Å². The fraction of sp³-hybridized carbons (Fsp3) is 0.105. The molecule has 1 amide bonds. The zero-order chi connectivity index (χ0) is 16.2. The average Bonchev–Trinajstić information content (AvgIpc) is 2.91. The average molecular weight is 323 g/mol. The van der Waals surface area contributed by atoms with Crippen molar-refractivity contribution in [3.63, 3.8) is 0 Å². The third-order valence-electron chi connectivity index (χ3n) is 3.54. The number of amides is 1. The third kappa shape index (κ3) is 3.17. The summed E-state index contributed by atoms with van der Waals surface area (Å²) in [6, 6.07) is 15.4. The molecular formula is C19H17NO2S. The van der Waals surface area contributed by atoms with Crippen molar-refractivity contribution in [2.75, 3.05) is 11.1 Å². The highest BCUT2D eigenvalue weighted by molar-refractivity contribution is 7.99. The molecule has 1 N–H and O–H groups in total. The van der Waals surface area contributed by atoms with Crippen LogP contribution in [0.4, 0.5) is 5.69 Å². The van der Waals surface area contributed by atoms with Gasteiger partial charge in [0.25, 0.3) is 5.91 Å². The summed E-state index contributed by atoms with van der Waals surface area (Å²) in [5.41, 5.74) is 2.36. The molecule has 4 heteroatoms. The number of para-hydroxylation sites is 2. The number of carbonyl (C=O) groups is 1. The molecule has 0 aliphatic heterocycles. The van der Waals surface area contributed by atoms with Crippen LogP contribution in [0.2, 0.25) is 0 Å². The van der Waals surface area contributed by atoms with Gasteiger partial charge in [-0.3, -0.25) is 4.79 Å². The maximum Gasteiger partial charge on any atom is 0.291 e. The van der Waals surface area contributed by atoms with E-state index in [9.17, 15) is 4.79 Å². The minimum Gasteiger partial charge on any atom is -0.451 e. The molecule has 3 nitrogen and oxygen atoms in total. The second kappa shape index (κ2) is 6.75. The number of fused-ring (bicyclic) bond motifs is 1. The van der Waals surface area contributed by atoms with Gasteiger partial charge in [-0.15, -0.1) is 18.3 Å². The SMILES string of the molecule is C=CCSc1ccccc1NC(=O)c1oc2ccccc2c1C. The number of furan rings is 1. The molecule has 2 aromatic carbocycles. The lowest BCUT2D eigenvalue weighted by molar-refractivity contribution is 0.0997. The monoisotopic (exact) mass is 323 g/mol. The summed E-state index contributed by atoms with van der Waals surface area (Å²) in [5, 5.41) is 3.91. The van der Waals surface area contributed by atoms with E-state index in [0.717, 1.165) is 32.9 Å². The quantitative estimate of drug-likeness (QED) is 0.513. The fourth-order valence-corrected chi connectivity index (χ4v) is 3.16. The van der Waals surface area contributed by atoms with E-state index < -0.39 is 0 Å². The summed E-state index contributed by atoms with van der Waals surface area (Å²) in [6.45, 7) is 5.63. The number of rotatable bonds is 5.